The maximum Gasteiger partial charge on any atom is 0.278 e. The number of anilines is 1. The lowest BCUT2D eigenvalue weighted by Crippen LogP contribution is -2.46. The topological polar surface area (TPSA) is 98.9 Å². The van der Waals surface area contributed by atoms with Crippen molar-refractivity contribution in [3.63, 3.8) is 0 Å². The summed E-state index contributed by atoms with van der Waals surface area (Å²) in [6.45, 7) is 4.80. The molecular formula is C25H24N6O4. The zero-order chi connectivity index (χ0) is 23.6. The van der Waals surface area contributed by atoms with Gasteiger partial charge in [0.2, 0.25) is 12.6 Å². The molecule has 6 rings (SSSR count). The van der Waals surface area contributed by atoms with E-state index in [2.05, 4.69) is 42.3 Å². The molecule has 2 aliphatic heterocycles. The third kappa shape index (κ3) is 4.47. The van der Waals surface area contributed by atoms with Crippen molar-refractivity contribution in [2.45, 2.75) is 6.54 Å². The van der Waals surface area contributed by atoms with Gasteiger partial charge in [-0.15, -0.1) is 10.2 Å². The van der Waals surface area contributed by atoms with Gasteiger partial charge in [-0.1, -0.05) is 11.2 Å². The molecule has 2 aromatic carbocycles. The lowest BCUT2D eigenvalue weighted by molar-refractivity contribution is 0.174. The fraction of sp³-hybridized carbons (Fsp3) is 0.280. The molecule has 0 amide bonds. The van der Waals surface area contributed by atoms with Crippen molar-refractivity contribution < 1.29 is 18.7 Å². The molecule has 0 N–H and O–H groups in total. The van der Waals surface area contributed by atoms with Crippen LogP contribution in [0, 0.1) is 0 Å². The Morgan fingerprint density at radius 1 is 0.886 bits per heavy atom. The number of hydrogen-bond donors (Lipinski definition) is 0. The zero-order valence-electron chi connectivity index (χ0n) is 19.3. The summed E-state index contributed by atoms with van der Waals surface area (Å²) in [6.07, 6.45) is 0. The van der Waals surface area contributed by atoms with Gasteiger partial charge in [-0.2, -0.15) is 4.98 Å². The highest BCUT2D eigenvalue weighted by molar-refractivity contribution is 5.59. The predicted molar refractivity (Wildman–Crippen MR) is 127 cm³/mol. The van der Waals surface area contributed by atoms with Crippen LogP contribution in [0.15, 0.2) is 59.1 Å². The summed E-state index contributed by atoms with van der Waals surface area (Å²) >= 11 is 0. The number of piperazine rings is 1. The molecule has 1 fully saturated rings. The molecule has 4 heterocycles. The van der Waals surface area contributed by atoms with Crippen LogP contribution in [0.5, 0.6) is 17.2 Å². The van der Waals surface area contributed by atoms with E-state index in [1.807, 2.05) is 42.5 Å². The molecule has 4 aromatic rings. The number of hydrogen-bond acceptors (Lipinski definition) is 10. The molecule has 10 heteroatoms. The van der Waals surface area contributed by atoms with Crippen LogP contribution in [-0.4, -0.2) is 65.3 Å². The average molecular weight is 473 g/mol. The first-order valence-corrected chi connectivity index (χ1v) is 11.4. The Hall–Kier alpha value is -4.18. The monoisotopic (exact) mass is 472 g/mol. The maximum atomic E-state index is 5.49. The molecule has 0 saturated carbocycles. The maximum absolute atomic E-state index is 5.49. The first-order valence-electron chi connectivity index (χ1n) is 11.4. The normalized spacial score (nSPS) is 15.4. The third-order valence-corrected chi connectivity index (χ3v) is 6.18. The van der Waals surface area contributed by atoms with Crippen LogP contribution in [0.2, 0.25) is 0 Å². The Bertz CT molecular complexity index is 1300. The van der Waals surface area contributed by atoms with Crippen molar-refractivity contribution in [1.82, 2.24) is 25.2 Å². The van der Waals surface area contributed by atoms with Crippen LogP contribution < -0.4 is 19.1 Å². The second-order valence-electron chi connectivity index (χ2n) is 8.38. The van der Waals surface area contributed by atoms with Crippen LogP contribution in [0.3, 0.4) is 0 Å². The summed E-state index contributed by atoms with van der Waals surface area (Å²) in [7, 11) is 1.63. The second-order valence-corrected chi connectivity index (χ2v) is 8.38. The van der Waals surface area contributed by atoms with E-state index in [9.17, 15) is 0 Å². The van der Waals surface area contributed by atoms with Gasteiger partial charge < -0.3 is 23.6 Å². The van der Waals surface area contributed by atoms with Gasteiger partial charge in [-0.3, -0.25) is 4.90 Å². The summed E-state index contributed by atoms with van der Waals surface area (Å²) in [6, 6.07) is 17.4. The molecule has 1 saturated heterocycles. The molecule has 0 radical (unpaired) electrons. The van der Waals surface area contributed by atoms with E-state index in [1.165, 1.54) is 5.56 Å². The quantitative estimate of drug-likeness (QED) is 0.416. The minimum atomic E-state index is 0.299. The van der Waals surface area contributed by atoms with E-state index in [1.54, 1.807) is 7.11 Å². The minimum absolute atomic E-state index is 0.299. The Balaban J connectivity index is 1.06. The standard InChI is InChI=1S/C25H24N6O4/c1-32-19-5-3-18(4-6-19)24-26-25(35-29-24)20-7-9-23(28-27-20)31-12-10-30(11-13-31)15-17-2-8-21-22(14-17)34-16-33-21/h2-9,14H,10-13,15-16H2,1H3. The van der Waals surface area contributed by atoms with Gasteiger partial charge >= 0.3 is 0 Å². The molecule has 0 unspecified atom stereocenters. The van der Waals surface area contributed by atoms with Crippen molar-refractivity contribution in [3.05, 3.63) is 60.2 Å². The highest BCUT2D eigenvalue weighted by Crippen LogP contribution is 2.33. The fourth-order valence-electron chi connectivity index (χ4n) is 4.23. The lowest BCUT2D eigenvalue weighted by atomic mass is 10.1. The summed E-state index contributed by atoms with van der Waals surface area (Å²) < 4.78 is 21.5. The molecule has 35 heavy (non-hydrogen) atoms. The molecule has 0 aliphatic carbocycles. The number of methoxy groups -OCH3 is 1. The smallest absolute Gasteiger partial charge is 0.278 e. The fourth-order valence-corrected chi connectivity index (χ4v) is 4.23. The van der Waals surface area contributed by atoms with Crippen LogP contribution >= 0.6 is 0 Å². The summed E-state index contributed by atoms with van der Waals surface area (Å²) in [4.78, 5) is 9.13. The van der Waals surface area contributed by atoms with E-state index >= 15 is 0 Å². The van der Waals surface area contributed by atoms with E-state index in [0.29, 0.717) is 24.2 Å². The van der Waals surface area contributed by atoms with Gasteiger partial charge in [-0.05, 0) is 54.1 Å². The minimum Gasteiger partial charge on any atom is -0.497 e. The van der Waals surface area contributed by atoms with Crippen LogP contribution in [0.25, 0.3) is 23.0 Å². The molecular weight excluding hydrogens is 448 g/mol. The average Bonchev–Trinajstić information content (AvgIpc) is 3.59. The molecule has 0 atom stereocenters. The lowest BCUT2D eigenvalue weighted by Gasteiger charge is -2.35. The number of fused-ring (bicyclic) bond motifs is 1. The zero-order valence-corrected chi connectivity index (χ0v) is 19.3. The van der Waals surface area contributed by atoms with Gasteiger partial charge in [0, 0.05) is 38.3 Å². The van der Waals surface area contributed by atoms with E-state index < -0.39 is 0 Å². The Kier molecular flexibility index (Phi) is 5.63. The molecule has 0 spiro atoms. The Labute approximate surface area is 202 Å². The summed E-state index contributed by atoms with van der Waals surface area (Å²) in [5, 5.41) is 12.8. The van der Waals surface area contributed by atoms with E-state index in [0.717, 1.165) is 61.4 Å². The predicted octanol–water partition coefficient (Wildman–Crippen LogP) is 3.25. The Morgan fingerprint density at radius 2 is 1.71 bits per heavy atom. The van der Waals surface area contributed by atoms with Gasteiger partial charge in [0.1, 0.15) is 5.75 Å². The number of nitrogens with zero attached hydrogens (tertiary/aromatic N) is 6. The molecule has 2 aliphatic rings. The molecule has 2 aromatic heterocycles. The van der Waals surface area contributed by atoms with Crippen molar-refractivity contribution in [3.8, 4) is 40.2 Å². The highest BCUT2D eigenvalue weighted by atomic mass is 16.7. The number of aromatic nitrogens is 4. The van der Waals surface area contributed by atoms with Crippen molar-refractivity contribution in [2.75, 3.05) is 45.0 Å². The van der Waals surface area contributed by atoms with Crippen molar-refractivity contribution in [1.29, 1.82) is 0 Å². The Morgan fingerprint density at radius 3 is 2.49 bits per heavy atom. The van der Waals surface area contributed by atoms with Gasteiger partial charge in [-0.25, -0.2) is 0 Å². The van der Waals surface area contributed by atoms with Crippen LogP contribution in [0.1, 0.15) is 5.56 Å². The third-order valence-electron chi connectivity index (χ3n) is 6.18. The first-order chi connectivity index (χ1) is 17.2. The molecule has 0 bridgehead atoms. The number of ether oxygens (including phenoxy) is 3. The van der Waals surface area contributed by atoms with Gasteiger partial charge in [0.25, 0.3) is 5.89 Å². The first kappa shape index (κ1) is 21.4. The number of benzene rings is 2. The molecule has 178 valence electrons. The van der Waals surface area contributed by atoms with Gasteiger partial charge in [0.05, 0.1) is 7.11 Å². The van der Waals surface area contributed by atoms with Gasteiger partial charge in [0.15, 0.2) is 23.0 Å². The largest absolute Gasteiger partial charge is 0.497 e. The van der Waals surface area contributed by atoms with Crippen molar-refractivity contribution in [2.24, 2.45) is 0 Å². The van der Waals surface area contributed by atoms with E-state index in [4.69, 9.17) is 18.7 Å². The SMILES string of the molecule is COc1ccc(-c2noc(-c3ccc(N4CCN(Cc5ccc6c(c5)OCO6)CC4)nn3)n2)cc1. The molecule has 10 nitrogen and oxygen atoms in total. The van der Waals surface area contributed by atoms with Crippen LogP contribution in [0.4, 0.5) is 5.82 Å². The second kappa shape index (κ2) is 9.22. The summed E-state index contributed by atoms with van der Waals surface area (Å²) in [5.41, 5.74) is 2.60. The van der Waals surface area contributed by atoms with Crippen LogP contribution in [-0.2, 0) is 6.54 Å². The highest BCUT2D eigenvalue weighted by Gasteiger charge is 2.21. The number of rotatable bonds is 6. The van der Waals surface area contributed by atoms with E-state index in [-0.39, 0.29) is 0 Å². The van der Waals surface area contributed by atoms with Crippen molar-refractivity contribution >= 4 is 5.82 Å². The summed E-state index contributed by atoms with van der Waals surface area (Å²) in [5.74, 6) is 4.08.